The van der Waals surface area contributed by atoms with Crippen LogP contribution in [0.3, 0.4) is 0 Å². The molecule has 1 fully saturated rings. The number of rotatable bonds is 7. The van der Waals surface area contributed by atoms with Crippen molar-refractivity contribution in [3.63, 3.8) is 0 Å². The number of likely N-dealkylation sites (tertiary alicyclic amines) is 1. The third-order valence-corrected chi connectivity index (χ3v) is 4.07. The molecule has 124 valence electrons. The van der Waals surface area contributed by atoms with Crippen LogP contribution < -0.4 is 4.74 Å². The Labute approximate surface area is 133 Å². The van der Waals surface area contributed by atoms with Gasteiger partial charge in [0.2, 0.25) is 0 Å². The average Bonchev–Trinajstić information content (AvgIpc) is 2.79. The van der Waals surface area contributed by atoms with Gasteiger partial charge in [-0.1, -0.05) is 6.07 Å². The normalized spacial score (nSPS) is 22.5. The fraction of sp³-hybridized carbons (Fsp3) is 0.647. The molecule has 1 aromatic carbocycles. The van der Waals surface area contributed by atoms with Crippen LogP contribution >= 0.6 is 0 Å². The van der Waals surface area contributed by atoms with Crippen molar-refractivity contribution in [3.05, 3.63) is 29.3 Å². The molecule has 1 N–H and O–H groups in total. The second kappa shape index (κ2) is 7.42. The van der Waals surface area contributed by atoms with Crippen LogP contribution in [-0.2, 0) is 17.9 Å². The summed E-state index contributed by atoms with van der Waals surface area (Å²) < 4.78 is 10.6. The smallest absolute Gasteiger partial charge is 0.124 e. The lowest BCUT2D eigenvalue weighted by Crippen LogP contribution is -2.42. The Bertz CT molecular complexity index is 493. The van der Waals surface area contributed by atoms with E-state index in [2.05, 4.69) is 17.0 Å². The molecule has 5 heteroatoms. The van der Waals surface area contributed by atoms with Crippen molar-refractivity contribution in [1.29, 1.82) is 0 Å². The topological polar surface area (TPSA) is 45.2 Å². The van der Waals surface area contributed by atoms with Gasteiger partial charge in [-0.3, -0.25) is 4.90 Å². The molecule has 0 amide bonds. The molecule has 0 bridgehead atoms. The van der Waals surface area contributed by atoms with Crippen LogP contribution in [0.5, 0.6) is 5.75 Å². The Kier molecular flexibility index (Phi) is 5.81. The number of likely N-dealkylation sites (N-methyl/N-ethyl adjacent to an activating group) is 1. The first-order valence-corrected chi connectivity index (χ1v) is 7.70. The van der Waals surface area contributed by atoms with Gasteiger partial charge in [0.05, 0.1) is 19.3 Å². The third-order valence-electron chi connectivity index (χ3n) is 4.07. The molecule has 5 nitrogen and oxygen atoms in total. The number of ether oxygens (including phenoxy) is 2. The summed E-state index contributed by atoms with van der Waals surface area (Å²) in [4.78, 5) is 4.36. The van der Waals surface area contributed by atoms with Gasteiger partial charge in [-0.25, -0.2) is 0 Å². The van der Waals surface area contributed by atoms with Crippen molar-refractivity contribution in [2.45, 2.75) is 25.2 Å². The molecule has 1 heterocycles. The summed E-state index contributed by atoms with van der Waals surface area (Å²) in [5.74, 6) is 0.858. The van der Waals surface area contributed by atoms with E-state index < -0.39 is 5.60 Å². The summed E-state index contributed by atoms with van der Waals surface area (Å²) in [5.41, 5.74) is 1.69. The van der Waals surface area contributed by atoms with Gasteiger partial charge in [-0.05, 0) is 38.2 Å². The quantitative estimate of drug-likeness (QED) is 0.823. The molecule has 0 aliphatic carbocycles. The molecule has 0 radical (unpaired) electrons. The lowest BCUT2D eigenvalue weighted by molar-refractivity contribution is 0.0240. The van der Waals surface area contributed by atoms with Gasteiger partial charge in [0.1, 0.15) is 5.75 Å². The number of hydrogen-bond acceptors (Lipinski definition) is 5. The molecule has 0 spiro atoms. The molecule has 1 aliphatic rings. The highest BCUT2D eigenvalue weighted by atomic mass is 16.5. The van der Waals surface area contributed by atoms with E-state index >= 15 is 0 Å². The molecule has 0 saturated carbocycles. The van der Waals surface area contributed by atoms with E-state index in [9.17, 15) is 5.11 Å². The van der Waals surface area contributed by atoms with E-state index in [1.807, 2.05) is 25.1 Å². The Morgan fingerprint density at radius 3 is 2.73 bits per heavy atom. The summed E-state index contributed by atoms with van der Waals surface area (Å²) in [6.45, 7) is 3.74. The SMILES string of the molecule is COCc1cc(CN2CC[C@@](O)(CN(C)C)C2)ccc1OC. The van der Waals surface area contributed by atoms with Gasteiger partial charge >= 0.3 is 0 Å². The van der Waals surface area contributed by atoms with Gasteiger partial charge in [0.15, 0.2) is 0 Å². The van der Waals surface area contributed by atoms with Crippen LogP contribution in [0.15, 0.2) is 18.2 Å². The maximum atomic E-state index is 10.6. The monoisotopic (exact) mass is 308 g/mol. The first-order chi connectivity index (χ1) is 10.5. The first kappa shape index (κ1) is 17.2. The average molecular weight is 308 g/mol. The minimum Gasteiger partial charge on any atom is -0.496 e. The lowest BCUT2D eigenvalue weighted by Gasteiger charge is -2.27. The van der Waals surface area contributed by atoms with Gasteiger partial charge in [0.25, 0.3) is 0 Å². The van der Waals surface area contributed by atoms with Gasteiger partial charge in [-0.2, -0.15) is 0 Å². The summed E-state index contributed by atoms with van der Waals surface area (Å²) in [5, 5.41) is 10.6. The summed E-state index contributed by atoms with van der Waals surface area (Å²) in [7, 11) is 7.37. The van der Waals surface area contributed by atoms with E-state index in [0.717, 1.165) is 37.4 Å². The Hall–Kier alpha value is -1.14. The first-order valence-electron chi connectivity index (χ1n) is 7.70. The fourth-order valence-electron chi connectivity index (χ4n) is 3.25. The number of methoxy groups -OCH3 is 2. The van der Waals surface area contributed by atoms with Crippen molar-refractivity contribution in [3.8, 4) is 5.75 Å². The lowest BCUT2D eigenvalue weighted by atomic mass is 10.0. The van der Waals surface area contributed by atoms with Crippen LogP contribution in [0, 0.1) is 0 Å². The Balaban J connectivity index is 2.01. The Morgan fingerprint density at radius 1 is 1.32 bits per heavy atom. The van der Waals surface area contributed by atoms with Crippen molar-refractivity contribution in [2.24, 2.45) is 0 Å². The summed E-state index contributed by atoms with van der Waals surface area (Å²) in [6, 6.07) is 6.21. The summed E-state index contributed by atoms with van der Waals surface area (Å²) >= 11 is 0. The molecular formula is C17H28N2O3. The summed E-state index contributed by atoms with van der Waals surface area (Å²) in [6.07, 6.45) is 0.826. The third kappa shape index (κ3) is 4.43. The molecule has 1 saturated heterocycles. The van der Waals surface area contributed by atoms with Crippen LogP contribution in [0.2, 0.25) is 0 Å². The molecule has 1 aromatic rings. The van der Waals surface area contributed by atoms with Crippen LogP contribution in [-0.4, -0.2) is 68.5 Å². The highest BCUT2D eigenvalue weighted by molar-refractivity contribution is 5.37. The zero-order chi connectivity index (χ0) is 16.2. The van der Waals surface area contributed by atoms with Gasteiger partial charge in [0, 0.05) is 38.9 Å². The highest BCUT2D eigenvalue weighted by Gasteiger charge is 2.36. The van der Waals surface area contributed by atoms with Gasteiger partial charge in [-0.15, -0.1) is 0 Å². The molecule has 0 aromatic heterocycles. The maximum absolute atomic E-state index is 10.6. The number of aliphatic hydroxyl groups is 1. The molecule has 1 aliphatic heterocycles. The van der Waals surface area contributed by atoms with Crippen LogP contribution in [0.1, 0.15) is 17.5 Å². The van der Waals surface area contributed by atoms with Crippen LogP contribution in [0.25, 0.3) is 0 Å². The molecule has 2 rings (SSSR count). The maximum Gasteiger partial charge on any atom is 0.124 e. The number of β-amino-alcohol motifs (C(OH)–C–C–N with tert-alkyl or cyclic N) is 1. The second-order valence-electron chi connectivity index (χ2n) is 6.50. The van der Waals surface area contributed by atoms with Crippen molar-refractivity contribution in [2.75, 3.05) is 47.9 Å². The predicted molar refractivity (Wildman–Crippen MR) is 87.1 cm³/mol. The van der Waals surface area contributed by atoms with E-state index in [4.69, 9.17) is 9.47 Å². The van der Waals surface area contributed by atoms with Crippen LogP contribution in [0.4, 0.5) is 0 Å². The Morgan fingerprint density at radius 2 is 2.09 bits per heavy atom. The molecular weight excluding hydrogens is 280 g/mol. The zero-order valence-corrected chi connectivity index (χ0v) is 14.1. The van der Waals surface area contributed by atoms with E-state index in [-0.39, 0.29) is 0 Å². The largest absolute Gasteiger partial charge is 0.496 e. The van der Waals surface area contributed by atoms with Gasteiger partial charge < -0.3 is 19.5 Å². The second-order valence-corrected chi connectivity index (χ2v) is 6.50. The van der Waals surface area contributed by atoms with Crippen molar-refractivity contribution >= 4 is 0 Å². The standard InChI is InChI=1S/C17H28N2O3/c1-18(2)12-17(20)7-8-19(13-17)10-14-5-6-16(22-4)15(9-14)11-21-3/h5-6,9,20H,7-8,10-13H2,1-4H3/t17-/m1/s1. The number of hydrogen-bond donors (Lipinski definition) is 1. The van der Waals surface area contributed by atoms with E-state index in [0.29, 0.717) is 13.2 Å². The predicted octanol–water partition coefficient (Wildman–Crippen LogP) is 1.34. The van der Waals surface area contributed by atoms with E-state index in [1.54, 1.807) is 14.2 Å². The molecule has 0 unspecified atom stereocenters. The minimum atomic E-state index is -0.592. The highest BCUT2D eigenvalue weighted by Crippen LogP contribution is 2.26. The zero-order valence-electron chi connectivity index (χ0n) is 14.1. The fourth-order valence-corrected chi connectivity index (χ4v) is 3.25. The van der Waals surface area contributed by atoms with E-state index in [1.165, 1.54) is 5.56 Å². The molecule has 22 heavy (non-hydrogen) atoms. The number of nitrogens with zero attached hydrogens (tertiary/aromatic N) is 2. The van der Waals surface area contributed by atoms with Crippen molar-refractivity contribution < 1.29 is 14.6 Å². The molecule has 1 atom stereocenters. The minimum absolute atomic E-state index is 0.543. The van der Waals surface area contributed by atoms with Crippen molar-refractivity contribution in [1.82, 2.24) is 9.80 Å². The number of benzene rings is 1.